The molecule has 4 bridgehead atoms. The summed E-state index contributed by atoms with van der Waals surface area (Å²) in [7, 11) is 0. The highest BCUT2D eigenvalue weighted by Gasteiger charge is 2.60. The van der Waals surface area contributed by atoms with E-state index < -0.39 is 0 Å². The van der Waals surface area contributed by atoms with Gasteiger partial charge in [0, 0.05) is 16.3 Å². The van der Waals surface area contributed by atoms with Crippen molar-refractivity contribution in [2.75, 3.05) is 5.32 Å². The van der Waals surface area contributed by atoms with Gasteiger partial charge in [0.1, 0.15) is 5.75 Å². The van der Waals surface area contributed by atoms with Gasteiger partial charge >= 0.3 is 0 Å². The molecule has 4 saturated carbocycles. The number of nitrogens with one attached hydrogen (secondary N) is 1. The molecule has 2 aromatic rings. The highest BCUT2D eigenvalue weighted by atomic mass is 35.5. The highest BCUT2D eigenvalue weighted by molar-refractivity contribution is 6.30. The van der Waals surface area contributed by atoms with Crippen molar-refractivity contribution in [1.82, 2.24) is 0 Å². The summed E-state index contributed by atoms with van der Waals surface area (Å²) in [5.41, 5.74) is 2.59. The monoisotopic (exact) mass is 395 g/mol. The van der Waals surface area contributed by atoms with Gasteiger partial charge < -0.3 is 10.4 Å². The molecule has 6 rings (SSSR count). The normalized spacial score (nSPS) is 33.1. The molecule has 0 aromatic heterocycles. The fourth-order valence-corrected chi connectivity index (χ4v) is 6.81. The van der Waals surface area contributed by atoms with E-state index in [1.54, 1.807) is 12.1 Å². The Balaban J connectivity index is 1.48. The molecule has 4 heteroatoms. The topological polar surface area (TPSA) is 49.3 Å². The second-order valence-corrected chi connectivity index (χ2v) is 9.87. The third kappa shape index (κ3) is 2.75. The minimum Gasteiger partial charge on any atom is -0.508 e. The van der Waals surface area contributed by atoms with Crippen LogP contribution < -0.4 is 5.32 Å². The summed E-state index contributed by atoms with van der Waals surface area (Å²) < 4.78 is 0. The summed E-state index contributed by atoms with van der Waals surface area (Å²) in [5, 5.41) is 13.9. The van der Waals surface area contributed by atoms with Crippen LogP contribution in [0.15, 0.2) is 42.5 Å². The lowest BCUT2D eigenvalue weighted by Crippen LogP contribution is -2.58. The van der Waals surface area contributed by atoms with Crippen LogP contribution >= 0.6 is 11.6 Å². The maximum absolute atomic E-state index is 13.5. The predicted octanol–water partition coefficient (Wildman–Crippen LogP) is 5.83. The smallest absolute Gasteiger partial charge is 0.230 e. The van der Waals surface area contributed by atoms with E-state index >= 15 is 0 Å². The van der Waals surface area contributed by atoms with Crippen LogP contribution in [-0.2, 0) is 10.2 Å². The number of hydrogen-bond donors (Lipinski definition) is 2. The molecule has 3 nitrogen and oxygen atoms in total. The molecule has 4 fully saturated rings. The Bertz CT molecular complexity index is 922. The summed E-state index contributed by atoms with van der Waals surface area (Å²) in [6.45, 7) is 1.85. The number of amides is 1. The van der Waals surface area contributed by atoms with Crippen LogP contribution in [0.4, 0.5) is 5.69 Å². The summed E-state index contributed by atoms with van der Waals surface area (Å²) in [4.78, 5) is 13.5. The number of phenolic OH excluding ortho intramolecular Hbond substituents is 1. The number of rotatable bonds is 3. The van der Waals surface area contributed by atoms with Crippen molar-refractivity contribution < 1.29 is 9.90 Å². The van der Waals surface area contributed by atoms with Crippen LogP contribution in [0.1, 0.15) is 49.7 Å². The third-order valence-electron chi connectivity index (χ3n) is 7.55. The SMILES string of the molecule is Cc1c(O)cccc1NC(=O)C12CC3CC(C1)CC(c1ccc(Cl)cc1)(C3)C2. The first-order valence-electron chi connectivity index (χ1n) is 10.3. The van der Waals surface area contributed by atoms with E-state index in [4.69, 9.17) is 11.6 Å². The van der Waals surface area contributed by atoms with Gasteiger partial charge in [0.05, 0.1) is 5.41 Å². The zero-order chi connectivity index (χ0) is 19.5. The molecule has 2 aromatic carbocycles. The molecular weight excluding hydrogens is 370 g/mol. The van der Waals surface area contributed by atoms with Crippen molar-refractivity contribution in [2.45, 2.75) is 50.9 Å². The average Bonchev–Trinajstić information content (AvgIpc) is 2.65. The Kier molecular flexibility index (Phi) is 4.03. The molecule has 1 amide bonds. The van der Waals surface area contributed by atoms with Gasteiger partial charge in [-0.3, -0.25) is 4.79 Å². The van der Waals surface area contributed by atoms with Crippen LogP contribution in [0.2, 0.25) is 5.02 Å². The maximum Gasteiger partial charge on any atom is 0.230 e. The van der Waals surface area contributed by atoms with Crippen molar-refractivity contribution >= 4 is 23.2 Å². The van der Waals surface area contributed by atoms with Gasteiger partial charge in [-0.25, -0.2) is 0 Å². The van der Waals surface area contributed by atoms with E-state index in [2.05, 4.69) is 17.4 Å². The zero-order valence-corrected chi connectivity index (χ0v) is 16.9. The Morgan fingerprint density at radius 3 is 2.43 bits per heavy atom. The van der Waals surface area contributed by atoms with Crippen molar-refractivity contribution in [2.24, 2.45) is 17.3 Å². The van der Waals surface area contributed by atoms with E-state index in [0.29, 0.717) is 11.8 Å². The fourth-order valence-electron chi connectivity index (χ4n) is 6.68. The van der Waals surface area contributed by atoms with Gasteiger partial charge in [0.2, 0.25) is 5.91 Å². The number of anilines is 1. The number of phenols is 1. The third-order valence-corrected chi connectivity index (χ3v) is 7.80. The van der Waals surface area contributed by atoms with Gasteiger partial charge in [0.15, 0.2) is 0 Å². The van der Waals surface area contributed by atoms with Gasteiger partial charge in [0.25, 0.3) is 0 Å². The first kappa shape index (κ1) is 18.1. The summed E-state index contributed by atoms with van der Waals surface area (Å²) in [5.74, 6) is 1.59. The van der Waals surface area contributed by atoms with Crippen LogP contribution in [0.5, 0.6) is 5.75 Å². The number of carbonyl (C=O) groups excluding carboxylic acids is 1. The second kappa shape index (κ2) is 6.25. The number of carbonyl (C=O) groups is 1. The van der Waals surface area contributed by atoms with Crippen LogP contribution in [0.25, 0.3) is 0 Å². The number of aromatic hydroxyl groups is 1. The molecule has 0 heterocycles. The van der Waals surface area contributed by atoms with E-state index in [9.17, 15) is 9.90 Å². The molecule has 0 spiro atoms. The second-order valence-electron chi connectivity index (χ2n) is 9.43. The molecule has 2 unspecified atom stereocenters. The molecule has 2 atom stereocenters. The van der Waals surface area contributed by atoms with E-state index in [-0.39, 0.29) is 22.5 Å². The first-order valence-corrected chi connectivity index (χ1v) is 10.6. The summed E-state index contributed by atoms with van der Waals surface area (Å²) in [6.07, 6.45) is 6.52. The van der Waals surface area contributed by atoms with Gasteiger partial charge in [-0.1, -0.05) is 29.8 Å². The minimum atomic E-state index is -0.304. The Labute approximate surface area is 171 Å². The molecule has 28 heavy (non-hydrogen) atoms. The lowest BCUT2D eigenvalue weighted by molar-refractivity contribution is -0.143. The Morgan fingerprint density at radius 1 is 1.07 bits per heavy atom. The standard InChI is InChI=1S/C24H26ClNO2/c1-15-20(3-2-4-21(15)27)26-22(28)24-12-16-9-17(13-24)11-23(10-16,14-24)18-5-7-19(25)8-6-18/h2-8,16-17,27H,9-14H2,1H3,(H,26,28). The van der Waals surface area contributed by atoms with Crippen LogP contribution in [-0.4, -0.2) is 11.0 Å². The van der Waals surface area contributed by atoms with Gasteiger partial charge in [-0.15, -0.1) is 0 Å². The number of hydrogen-bond acceptors (Lipinski definition) is 2. The van der Waals surface area contributed by atoms with Crippen LogP contribution in [0, 0.1) is 24.2 Å². The molecule has 2 N–H and O–H groups in total. The van der Waals surface area contributed by atoms with Crippen molar-refractivity contribution in [3.63, 3.8) is 0 Å². The lowest BCUT2D eigenvalue weighted by atomic mass is 9.42. The quantitative estimate of drug-likeness (QED) is 0.686. The number of benzene rings is 2. The predicted molar refractivity (Wildman–Crippen MR) is 112 cm³/mol. The van der Waals surface area contributed by atoms with Crippen molar-refractivity contribution in [3.05, 3.63) is 58.6 Å². The zero-order valence-electron chi connectivity index (χ0n) is 16.2. The van der Waals surface area contributed by atoms with Gasteiger partial charge in [-0.05, 0) is 92.5 Å². The van der Waals surface area contributed by atoms with E-state index in [1.165, 1.54) is 24.8 Å². The molecule has 4 aliphatic carbocycles. The molecule has 146 valence electrons. The molecule has 0 saturated heterocycles. The largest absolute Gasteiger partial charge is 0.508 e. The lowest BCUT2D eigenvalue weighted by Gasteiger charge is -2.61. The minimum absolute atomic E-state index is 0.0971. The van der Waals surface area contributed by atoms with Crippen molar-refractivity contribution in [3.8, 4) is 5.75 Å². The van der Waals surface area contributed by atoms with Gasteiger partial charge in [-0.2, -0.15) is 0 Å². The average molecular weight is 396 g/mol. The molecule has 0 aliphatic heterocycles. The van der Waals surface area contributed by atoms with E-state index in [0.717, 1.165) is 35.5 Å². The fraction of sp³-hybridized carbons (Fsp3) is 0.458. The maximum atomic E-state index is 13.5. The van der Waals surface area contributed by atoms with E-state index in [1.807, 2.05) is 25.1 Å². The first-order chi connectivity index (χ1) is 13.4. The molecule has 4 aliphatic rings. The highest BCUT2D eigenvalue weighted by Crippen LogP contribution is 2.66. The Morgan fingerprint density at radius 2 is 1.75 bits per heavy atom. The van der Waals surface area contributed by atoms with Crippen molar-refractivity contribution in [1.29, 1.82) is 0 Å². The Hall–Kier alpha value is -2.00. The molecular formula is C24H26ClNO2. The van der Waals surface area contributed by atoms with Crippen LogP contribution in [0.3, 0.4) is 0 Å². The molecule has 0 radical (unpaired) electrons. The summed E-state index contributed by atoms with van der Waals surface area (Å²) in [6, 6.07) is 13.6. The number of halogens is 1. The summed E-state index contributed by atoms with van der Waals surface area (Å²) >= 11 is 6.13.